The molecule has 0 unspecified atom stereocenters. The molecule has 1 fully saturated rings. The Kier molecular flexibility index (Phi) is 7.36. The van der Waals surface area contributed by atoms with Gasteiger partial charge in [0, 0.05) is 37.3 Å². The lowest BCUT2D eigenvalue weighted by Crippen LogP contribution is -2.49. The fraction of sp³-hybridized carbons (Fsp3) is 0.194. The van der Waals surface area contributed by atoms with Crippen molar-refractivity contribution in [3.8, 4) is 22.6 Å². The minimum Gasteiger partial charge on any atom is -0.496 e. The molecule has 0 bridgehead atoms. The van der Waals surface area contributed by atoms with Gasteiger partial charge in [-0.2, -0.15) is 0 Å². The van der Waals surface area contributed by atoms with Gasteiger partial charge < -0.3 is 19.3 Å². The number of hydrogen-bond donors (Lipinski definition) is 0. The molecule has 6 heteroatoms. The largest absolute Gasteiger partial charge is 0.496 e. The number of carbonyl (C=O) groups excluding carboxylic acids is 1. The minimum atomic E-state index is -0.239. The molecule has 1 amide bonds. The van der Waals surface area contributed by atoms with Gasteiger partial charge in [0.1, 0.15) is 23.9 Å². The highest BCUT2D eigenvalue weighted by atomic mass is 19.1. The number of anilines is 1. The van der Waals surface area contributed by atoms with Crippen LogP contribution in [-0.2, 0) is 6.61 Å². The van der Waals surface area contributed by atoms with Crippen LogP contribution in [0, 0.1) is 5.82 Å². The highest BCUT2D eigenvalue weighted by Crippen LogP contribution is 2.26. The first-order valence-corrected chi connectivity index (χ1v) is 12.4. The quantitative estimate of drug-likeness (QED) is 0.313. The molecule has 5 rings (SSSR count). The summed E-state index contributed by atoms with van der Waals surface area (Å²) in [5, 5.41) is 0. The van der Waals surface area contributed by atoms with Gasteiger partial charge in [0.15, 0.2) is 0 Å². The maximum absolute atomic E-state index is 14.2. The molecule has 188 valence electrons. The number of nitrogens with zero attached hydrogens (tertiary/aromatic N) is 2. The summed E-state index contributed by atoms with van der Waals surface area (Å²) in [7, 11) is 1.61. The molecule has 0 aromatic heterocycles. The number of hydrogen-bond acceptors (Lipinski definition) is 4. The van der Waals surface area contributed by atoms with Crippen LogP contribution in [-0.4, -0.2) is 44.1 Å². The van der Waals surface area contributed by atoms with Crippen molar-refractivity contribution in [3.05, 3.63) is 114 Å². The van der Waals surface area contributed by atoms with Crippen LogP contribution in [0.15, 0.2) is 97.1 Å². The molecule has 0 atom stereocenters. The summed E-state index contributed by atoms with van der Waals surface area (Å²) in [5.41, 5.74) is 4.23. The Balaban J connectivity index is 1.23. The average molecular weight is 497 g/mol. The number of ether oxygens (including phenoxy) is 2. The molecule has 1 aliphatic rings. The lowest BCUT2D eigenvalue weighted by atomic mass is 10.1. The van der Waals surface area contributed by atoms with Gasteiger partial charge in [-0.1, -0.05) is 54.6 Å². The van der Waals surface area contributed by atoms with E-state index in [9.17, 15) is 9.18 Å². The van der Waals surface area contributed by atoms with E-state index in [1.807, 2.05) is 64.4 Å². The molecular formula is C31H29FN2O3. The third kappa shape index (κ3) is 5.59. The van der Waals surface area contributed by atoms with Gasteiger partial charge >= 0.3 is 0 Å². The number of rotatable bonds is 7. The van der Waals surface area contributed by atoms with E-state index in [-0.39, 0.29) is 18.3 Å². The van der Waals surface area contributed by atoms with E-state index in [1.54, 1.807) is 31.4 Å². The minimum absolute atomic E-state index is 0.0516. The van der Waals surface area contributed by atoms with E-state index in [1.165, 1.54) is 6.07 Å². The number of para-hydroxylation sites is 1. The molecule has 5 nitrogen and oxygen atoms in total. The van der Waals surface area contributed by atoms with Crippen LogP contribution in [0.5, 0.6) is 11.5 Å². The first-order valence-electron chi connectivity index (χ1n) is 12.4. The van der Waals surface area contributed by atoms with Gasteiger partial charge in [-0.3, -0.25) is 4.79 Å². The Morgan fingerprint density at radius 1 is 0.811 bits per heavy atom. The predicted octanol–water partition coefficient (Wildman–Crippen LogP) is 6.04. The molecule has 0 radical (unpaired) electrons. The third-order valence-electron chi connectivity index (χ3n) is 6.64. The van der Waals surface area contributed by atoms with Crippen molar-refractivity contribution < 1.29 is 18.7 Å². The van der Waals surface area contributed by atoms with E-state index >= 15 is 0 Å². The lowest BCUT2D eigenvalue weighted by molar-refractivity contribution is 0.0746. The van der Waals surface area contributed by atoms with Crippen molar-refractivity contribution >= 4 is 11.6 Å². The second-order valence-corrected chi connectivity index (χ2v) is 8.94. The van der Waals surface area contributed by atoms with Crippen molar-refractivity contribution in [2.75, 3.05) is 38.2 Å². The van der Waals surface area contributed by atoms with Crippen LogP contribution in [0.25, 0.3) is 11.1 Å². The summed E-state index contributed by atoms with van der Waals surface area (Å²) in [6, 6.07) is 30.3. The number of benzene rings is 4. The normalized spacial score (nSPS) is 13.4. The fourth-order valence-electron chi connectivity index (χ4n) is 4.60. The van der Waals surface area contributed by atoms with Crippen molar-refractivity contribution in [1.29, 1.82) is 0 Å². The van der Waals surface area contributed by atoms with E-state index in [2.05, 4.69) is 12.1 Å². The Hall–Kier alpha value is -4.32. The smallest absolute Gasteiger partial charge is 0.253 e. The van der Waals surface area contributed by atoms with Crippen molar-refractivity contribution in [1.82, 2.24) is 4.90 Å². The Morgan fingerprint density at radius 3 is 2.19 bits per heavy atom. The number of carbonyl (C=O) groups is 1. The molecule has 0 spiro atoms. The molecule has 1 saturated heterocycles. The molecule has 0 N–H and O–H groups in total. The van der Waals surface area contributed by atoms with E-state index in [4.69, 9.17) is 9.47 Å². The highest BCUT2D eigenvalue weighted by Gasteiger charge is 2.24. The van der Waals surface area contributed by atoms with Crippen LogP contribution < -0.4 is 14.4 Å². The molecular weight excluding hydrogens is 467 g/mol. The standard InChI is InChI=1S/C31H29FN2O3/c1-36-30-16-13-25(31(35)34-19-17-33(18-20-34)29-10-6-5-9-28(29)32)21-26(30)22-37-27-14-11-24(12-15-27)23-7-3-2-4-8-23/h2-16,21H,17-20,22H2,1H3. The number of methoxy groups -OCH3 is 1. The average Bonchev–Trinajstić information content (AvgIpc) is 2.96. The number of amides is 1. The predicted molar refractivity (Wildman–Crippen MR) is 144 cm³/mol. The first-order chi connectivity index (χ1) is 18.1. The van der Waals surface area contributed by atoms with Crippen molar-refractivity contribution in [2.45, 2.75) is 6.61 Å². The molecule has 37 heavy (non-hydrogen) atoms. The van der Waals surface area contributed by atoms with Crippen LogP contribution in [0.4, 0.5) is 10.1 Å². The summed E-state index contributed by atoms with van der Waals surface area (Å²) in [5.74, 6) is 1.12. The highest BCUT2D eigenvalue weighted by molar-refractivity contribution is 5.94. The van der Waals surface area contributed by atoms with Crippen molar-refractivity contribution in [3.63, 3.8) is 0 Å². The zero-order chi connectivity index (χ0) is 25.6. The topological polar surface area (TPSA) is 42.0 Å². The van der Waals surface area contributed by atoms with E-state index < -0.39 is 0 Å². The Bertz CT molecular complexity index is 1350. The summed E-state index contributed by atoms with van der Waals surface area (Å²) >= 11 is 0. The first kappa shape index (κ1) is 24.4. The molecule has 0 saturated carbocycles. The van der Waals surface area contributed by atoms with Crippen molar-refractivity contribution in [2.24, 2.45) is 0 Å². The Morgan fingerprint density at radius 2 is 1.49 bits per heavy atom. The maximum atomic E-state index is 14.2. The monoisotopic (exact) mass is 496 g/mol. The van der Waals surface area contributed by atoms with E-state index in [0.717, 1.165) is 22.4 Å². The van der Waals surface area contributed by atoms with Gasteiger partial charge in [-0.15, -0.1) is 0 Å². The maximum Gasteiger partial charge on any atom is 0.253 e. The second-order valence-electron chi connectivity index (χ2n) is 8.94. The SMILES string of the molecule is COc1ccc(C(=O)N2CCN(c3ccccc3F)CC2)cc1COc1ccc(-c2ccccc2)cc1. The van der Waals surface area contributed by atoms with Crippen LogP contribution >= 0.6 is 0 Å². The van der Waals surface area contributed by atoms with Gasteiger partial charge in [-0.25, -0.2) is 4.39 Å². The molecule has 1 heterocycles. The summed E-state index contributed by atoms with van der Waals surface area (Å²) in [6.45, 7) is 2.49. The molecule has 1 aliphatic heterocycles. The van der Waals surface area contributed by atoms with Gasteiger partial charge in [0.25, 0.3) is 5.91 Å². The van der Waals surface area contributed by atoms with Crippen LogP contribution in [0.1, 0.15) is 15.9 Å². The zero-order valence-corrected chi connectivity index (χ0v) is 20.8. The van der Waals surface area contributed by atoms with E-state index in [0.29, 0.717) is 43.2 Å². The zero-order valence-electron chi connectivity index (χ0n) is 20.8. The van der Waals surface area contributed by atoms with Gasteiger partial charge in [-0.05, 0) is 53.6 Å². The molecule has 4 aromatic rings. The fourth-order valence-corrected chi connectivity index (χ4v) is 4.60. The van der Waals surface area contributed by atoms with Crippen LogP contribution in [0.2, 0.25) is 0 Å². The second kappa shape index (κ2) is 11.2. The summed E-state index contributed by atoms with van der Waals surface area (Å²) in [4.78, 5) is 17.1. The van der Waals surface area contributed by atoms with Crippen LogP contribution in [0.3, 0.4) is 0 Å². The number of halogens is 1. The summed E-state index contributed by atoms with van der Waals surface area (Å²) < 4.78 is 25.7. The Labute approximate surface area is 216 Å². The lowest BCUT2D eigenvalue weighted by Gasteiger charge is -2.36. The molecule has 0 aliphatic carbocycles. The van der Waals surface area contributed by atoms with Gasteiger partial charge in [0.2, 0.25) is 0 Å². The molecule has 4 aromatic carbocycles. The summed E-state index contributed by atoms with van der Waals surface area (Å²) in [6.07, 6.45) is 0. The third-order valence-corrected chi connectivity index (χ3v) is 6.64. The number of piperazine rings is 1. The van der Waals surface area contributed by atoms with Gasteiger partial charge in [0.05, 0.1) is 12.8 Å².